The Balaban J connectivity index is 0.000000530. The number of rotatable bonds is 8. The highest BCUT2D eigenvalue weighted by Gasteiger charge is 2.33. The van der Waals surface area contributed by atoms with Gasteiger partial charge in [-0.2, -0.15) is 10.2 Å². The van der Waals surface area contributed by atoms with Gasteiger partial charge in [-0.15, -0.1) is 0 Å². The molecular formula is C24H38N8O5. The van der Waals surface area contributed by atoms with Crippen molar-refractivity contribution in [3.8, 4) is 11.4 Å². The molecule has 0 radical (unpaired) electrons. The average molecular weight is 519 g/mol. The molecule has 4 rings (SSSR count). The van der Waals surface area contributed by atoms with E-state index in [1.807, 2.05) is 17.8 Å². The molecule has 3 aromatic heterocycles. The Hall–Kier alpha value is -3.58. The van der Waals surface area contributed by atoms with Crippen LogP contribution < -0.4 is 5.73 Å². The molecule has 1 fully saturated rings. The zero-order valence-corrected chi connectivity index (χ0v) is 21.8. The van der Waals surface area contributed by atoms with E-state index in [-0.39, 0.29) is 18.1 Å². The molecule has 6 N–H and O–H groups in total. The fourth-order valence-corrected chi connectivity index (χ4v) is 4.01. The topological polar surface area (TPSA) is 198 Å². The number of nitrogens with zero attached hydrogens (tertiary/aromatic N) is 5. The summed E-state index contributed by atoms with van der Waals surface area (Å²) in [5.74, 6) is 0.348. The molecule has 0 aliphatic heterocycles. The Bertz CT molecular complexity index is 1070. The first-order valence-electron chi connectivity index (χ1n) is 12.3. The number of hydrogen-bond acceptors (Lipinski definition) is 8. The van der Waals surface area contributed by atoms with Gasteiger partial charge in [-0.05, 0) is 32.6 Å². The van der Waals surface area contributed by atoms with Gasteiger partial charge in [-0.25, -0.2) is 14.6 Å². The van der Waals surface area contributed by atoms with E-state index in [4.69, 9.17) is 40.4 Å². The molecular weight excluding hydrogens is 480 g/mol. The summed E-state index contributed by atoms with van der Waals surface area (Å²) in [6.45, 7) is 7.76. The third-order valence-corrected chi connectivity index (χ3v) is 5.66. The van der Waals surface area contributed by atoms with Crippen LogP contribution in [-0.2, 0) is 27.3 Å². The molecule has 0 bridgehead atoms. The minimum atomic E-state index is -0.833. The van der Waals surface area contributed by atoms with Crippen molar-refractivity contribution in [1.82, 2.24) is 34.9 Å². The first-order chi connectivity index (χ1) is 17.6. The van der Waals surface area contributed by atoms with Crippen molar-refractivity contribution >= 4 is 11.9 Å². The highest BCUT2D eigenvalue weighted by molar-refractivity contribution is 5.63. The Morgan fingerprint density at radius 1 is 1.22 bits per heavy atom. The molecule has 0 unspecified atom stereocenters. The van der Waals surface area contributed by atoms with Crippen LogP contribution in [0, 0.1) is 6.92 Å². The third kappa shape index (κ3) is 9.77. The Morgan fingerprint density at radius 2 is 1.92 bits per heavy atom. The molecule has 0 aromatic carbocycles. The largest absolute Gasteiger partial charge is 0.481 e. The predicted molar refractivity (Wildman–Crippen MR) is 136 cm³/mol. The molecule has 3 heterocycles. The quantitative estimate of drug-likeness (QED) is 0.295. The maximum absolute atomic E-state index is 9.00. The van der Waals surface area contributed by atoms with Crippen LogP contribution >= 0.6 is 0 Å². The number of ether oxygens (including phenoxy) is 1. The fourth-order valence-electron chi connectivity index (χ4n) is 4.01. The van der Waals surface area contributed by atoms with E-state index in [9.17, 15) is 0 Å². The molecule has 3 atom stereocenters. The number of aliphatic carboxylic acids is 2. The van der Waals surface area contributed by atoms with Crippen LogP contribution in [0.25, 0.3) is 11.4 Å². The highest BCUT2D eigenvalue weighted by atomic mass is 16.5. The van der Waals surface area contributed by atoms with Crippen LogP contribution in [0.3, 0.4) is 0 Å². The molecule has 204 valence electrons. The average Bonchev–Trinajstić information content (AvgIpc) is 3.57. The zero-order valence-electron chi connectivity index (χ0n) is 21.8. The van der Waals surface area contributed by atoms with Crippen molar-refractivity contribution < 1.29 is 24.5 Å². The molecule has 3 aromatic rings. The molecule has 0 amide bonds. The second kappa shape index (κ2) is 14.9. The van der Waals surface area contributed by atoms with E-state index in [1.165, 1.54) is 0 Å². The molecule has 13 nitrogen and oxygen atoms in total. The van der Waals surface area contributed by atoms with Crippen LogP contribution in [0.5, 0.6) is 0 Å². The molecule has 0 saturated heterocycles. The maximum Gasteiger partial charge on any atom is 0.300 e. The lowest BCUT2D eigenvalue weighted by atomic mass is 9.83. The molecule has 37 heavy (non-hydrogen) atoms. The first-order valence-corrected chi connectivity index (χ1v) is 12.3. The maximum atomic E-state index is 9.00. The van der Waals surface area contributed by atoms with E-state index in [2.05, 4.69) is 27.1 Å². The van der Waals surface area contributed by atoms with E-state index in [0.29, 0.717) is 0 Å². The van der Waals surface area contributed by atoms with Gasteiger partial charge in [0.1, 0.15) is 5.82 Å². The summed E-state index contributed by atoms with van der Waals surface area (Å²) >= 11 is 0. The standard InChI is InChI=1S/C20H30N8O.2C2H4O2/c1-3-8-29-18-9-14(4-5-17(18)21)20-25-19(16-11-24-26-13(16)2)27-28(20)7-6-15-10-22-12-23-15;2*1-2(3)4/h10-12,14,17-18H,3-9,21H2,1-2H3,(H,22,23)(H,24,26);2*1H3,(H,3,4)/t14-,17-,18-;;/m0../s1. The van der Waals surface area contributed by atoms with Gasteiger partial charge in [-0.1, -0.05) is 6.92 Å². The molecule has 1 saturated carbocycles. The van der Waals surface area contributed by atoms with Crippen molar-refractivity contribution in [3.05, 3.63) is 35.9 Å². The number of H-pyrrole nitrogens is 2. The molecule has 1 aliphatic rings. The van der Waals surface area contributed by atoms with Gasteiger partial charge in [-0.3, -0.25) is 14.7 Å². The van der Waals surface area contributed by atoms with Gasteiger partial charge in [0, 0.05) is 63.0 Å². The lowest BCUT2D eigenvalue weighted by molar-refractivity contribution is -0.135. The van der Waals surface area contributed by atoms with Crippen molar-refractivity contribution in [1.29, 1.82) is 0 Å². The summed E-state index contributed by atoms with van der Waals surface area (Å²) in [5.41, 5.74) is 9.33. The smallest absolute Gasteiger partial charge is 0.300 e. The van der Waals surface area contributed by atoms with Crippen molar-refractivity contribution in [2.24, 2.45) is 5.73 Å². The summed E-state index contributed by atoms with van der Waals surface area (Å²) < 4.78 is 8.08. The lowest BCUT2D eigenvalue weighted by Crippen LogP contribution is -2.42. The van der Waals surface area contributed by atoms with E-state index in [0.717, 1.165) is 87.7 Å². The Labute approximate surface area is 215 Å². The monoisotopic (exact) mass is 518 g/mol. The number of carbonyl (C=O) groups is 2. The number of nitrogens with one attached hydrogen (secondary N) is 2. The summed E-state index contributed by atoms with van der Waals surface area (Å²) in [6.07, 6.45) is 10.1. The number of imidazole rings is 1. The van der Waals surface area contributed by atoms with Crippen LogP contribution in [0.4, 0.5) is 0 Å². The van der Waals surface area contributed by atoms with Crippen LogP contribution in [0.15, 0.2) is 18.7 Å². The SMILES string of the molecule is CC(=O)O.CC(=O)O.CCCO[C@H]1C[C@@H](c2nc(-c3cn[nH]c3C)nn2CCc2cnc[nH]2)CC[C@@H]1N. The van der Waals surface area contributed by atoms with E-state index < -0.39 is 11.9 Å². The summed E-state index contributed by atoms with van der Waals surface area (Å²) in [7, 11) is 0. The van der Waals surface area contributed by atoms with Gasteiger partial charge >= 0.3 is 0 Å². The number of carboxylic acid groups (broad SMARTS) is 2. The number of carboxylic acids is 2. The lowest BCUT2D eigenvalue weighted by Gasteiger charge is -2.33. The number of aromatic nitrogens is 7. The normalized spacial score (nSPS) is 18.8. The second-order valence-corrected chi connectivity index (χ2v) is 8.87. The number of aryl methyl sites for hydroxylation is 3. The van der Waals surface area contributed by atoms with Gasteiger partial charge in [0.05, 0.1) is 24.2 Å². The van der Waals surface area contributed by atoms with Gasteiger partial charge in [0.2, 0.25) is 0 Å². The highest BCUT2D eigenvalue weighted by Crippen LogP contribution is 2.34. The molecule has 0 spiro atoms. The first kappa shape index (κ1) is 29.6. The van der Waals surface area contributed by atoms with Gasteiger partial charge < -0.3 is 25.7 Å². The van der Waals surface area contributed by atoms with E-state index in [1.54, 1.807) is 12.5 Å². The zero-order chi connectivity index (χ0) is 27.4. The van der Waals surface area contributed by atoms with Crippen molar-refractivity contribution in [2.75, 3.05) is 6.61 Å². The van der Waals surface area contributed by atoms with Crippen LogP contribution in [0.2, 0.25) is 0 Å². The Morgan fingerprint density at radius 3 is 2.49 bits per heavy atom. The molecule has 1 aliphatic carbocycles. The number of hydrogen-bond donors (Lipinski definition) is 5. The number of nitrogens with two attached hydrogens (primary N) is 1. The van der Waals surface area contributed by atoms with Gasteiger partial charge in [0.15, 0.2) is 5.82 Å². The third-order valence-electron chi connectivity index (χ3n) is 5.66. The minimum absolute atomic E-state index is 0.0746. The van der Waals surface area contributed by atoms with Crippen LogP contribution in [0.1, 0.15) is 69.6 Å². The predicted octanol–water partition coefficient (Wildman–Crippen LogP) is 2.51. The Kier molecular flexibility index (Phi) is 11.9. The van der Waals surface area contributed by atoms with E-state index >= 15 is 0 Å². The summed E-state index contributed by atoms with van der Waals surface area (Å²) in [4.78, 5) is 30.2. The van der Waals surface area contributed by atoms with Crippen molar-refractivity contribution in [3.63, 3.8) is 0 Å². The fraction of sp³-hybridized carbons (Fsp3) is 0.583. The summed E-state index contributed by atoms with van der Waals surface area (Å²) in [5, 5.41) is 26.8. The second-order valence-electron chi connectivity index (χ2n) is 8.87. The summed E-state index contributed by atoms with van der Waals surface area (Å²) in [6, 6.07) is 0.0924. The number of aromatic amines is 2. The van der Waals surface area contributed by atoms with Crippen molar-refractivity contribution in [2.45, 2.75) is 84.4 Å². The molecule has 13 heteroatoms. The minimum Gasteiger partial charge on any atom is -0.481 e. The van der Waals surface area contributed by atoms with Crippen LogP contribution in [-0.4, -0.2) is 75.8 Å². The van der Waals surface area contributed by atoms with Gasteiger partial charge in [0.25, 0.3) is 11.9 Å².